The summed E-state index contributed by atoms with van der Waals surface area (Å²) in [6.45, 7) is 1.73. The van der Waals surface area contributed by atoms with Crippen LogP contribution in [0.15, 0.2) is 24.3 Å². The smallest absolute Gasteiger partial charge is 0.363 e. The van der Waals surface area contributed by atoms with Gasteiger partial charge in [0.1, 0.15) is 6.04 Å². The summed E-state index contributed by atoms with van der Waals surface area (Å²) in [5, 5.41) is 5.24. The normalized spacial score (nSPS) is 22.2. The number of carbonyl (C=O) groups is 2. The molecule has 1 saturated carbocycles. The van der Waals surface area contributed by atoms with Crippen LogP contribution in [0.5, 0.6) is 0 Å². The molecule has 3 atom stereocenters. The number of nitrogens with one attached hydrogen (secondary N) is 3. The maximum Gasteiger partial charge on any atom is 0.363 e. The first kappa shape index (κ1) is 22.9. The molecular weight excluding hydrogens is 478 g/mol. The Morgan fingerprint density at radius 1 is 1.24 bits per heavy atom. The quantitative estimate of drug-likeness (QED) is 0.531. The Labute approximate surface area is 205 Å². The van der Waals surface area contributed by atoms with Crippen LogP contribution >= 0.6 is 34.3 Å². The molecule has 2 aliphatic rings. The largest absolute Gasteiger partial charge is 0.461 e. The number of benzene rings is 1. The van der Waals surface area contributed by atoms with Gasteiger partial charge in [0.2, 0.25) is 5.01 Å². The van der Waals surface area contributed by atoms with Crippen molar-refractivity contribution in [3.8, 4) is 0 Å². The van der Waals surface area contributed by atoms with E-state index >= 15 is 0 Å². The van der Waals surface area contributed by atoms with E-state index < -0.39 is 0 Å². The number of hydrogen-bond donors (Lipinski definition) is 2. The summed E-state index contributed by atoms with van der Waals surface area (Å²) < 4.78 is 0.967. The molecule has 7 nitrogen and oxygen atoms in total. The highest BCUT2D eigenvalue weighted by molar-refractivity contribution is 7.20. The molecule has 2 amide bonds. The van der Waals surface area contributed by atoms with Crippen LogP contribution in [0.2, 0.25) is 5.02 Å². The maximum atomic E-state index is 13.2. The minimum atomic E-state index is -0.292. The van der Waals surface area contributed by atoms with Crippen LogP contribution in [0, 0.1) is 0 Å². The monoisotopic (exact) mass is 503 g/mol. The number of nitrogens with zero attached hydrogens (tertiary/aromatic N) is 2. The second-order valence-electron chi connectivity index (χ2n) is 8.88. The van der Waals surface area contributed by atoms with Gasteiger partial charge in [-0.1, -0.05) is 24.1 Å². The lowest BCUT2D eigenvalue weighted by Crippen LogP contribution is -3.14. The summed E-state index contributed by atoms with van der Waals surface area (Å²) in [5.74, 6) is 8.26. The average molecular weight is 504 g/mol. The zero-order valence-corrected chi connectivity index (χ0v) is 20.7. The van der Waals surface area contributed by atoms with E-state index in [0.717, 1.165) is 65.9 Å². The summed E-state index contributed by atoms with van der Waals surface area (Å²) in [4.78, 5) is 34.7. The second-order valence-corrected chi connectivity index (χ2v) is 11.5. The van der Waals surface area contributed by atoms with Gasteiger partial charge in [0.15, 0.2) is 0 Å². The van der Waals surface area contributed by atoms with Gasteiger partial charge in [-0.3, -0.25) is 4.79 Å². The number of thiazole rings is 1. The Balaban J connectivity index is 1.31. The van der Waals surface area contributed by atoms with Crippen molar-refractivity contribution in [3.05, 3.63) is 55.6 Å². The van der Waals surface area contributed by atoms with Gasteiger partial charge >= 0.3 is 5.91 Å². The van der Waals surface area contributed by atoms with Crippen LogP contribution in [-0.4, -0.2) is 47.4 Å². The van der Waals surface area contributed by atoms with Gasteiger partial charge in [0.05, 0.1) is 16.6 Å². The molecule has 0 bridgehead atoms. The van der Waals surface area contributed by atoms with Crippen LogP contribution in [0.4, 0.5) is 0 Å². The van der Waals surface area contributed by atoms with E-state index in [9.17, 15) is 9.59 Å². The number of halogens is 1. The first-order valence-electron chi connectivity index (χ1n) is 11.2. The van der Waals surface area contributed by atoms with E-state index in [1.165, 1.54) is 22.7 Å². The summed E-state index contributed by atoms with van der Waals surface area (Å²) >= 11 is 8.90. The van der Waals surface area contributed by atoms with Gasteiger partial charge < -0.3 is 21.1 Å². The fourth-order valence-corrected chi connectivity index (χ4v) is 7.09. The molecule has 2 aromatic heterocycles. The molecule has 3 aromatic rings. The number of fused-ring (bicyclic) bond motifs is 2. The highest BCUT2D eigenvalue weighted by atomic mass is 35.5. The molecule has 2 unspecified atom stereocenters. The van der Waals surface area contributed by atoms with Gasteiger partial charge in [0, 0.05) is 40.5 Å². The second kappa shape index (κ2) is 9.40. The Morgan fingerprint density at radius 2 is 2.06 bits per heavy atom. The topological polar surface area (TPSA) is 90.5 Å². The number of thiophene rings is 1. The zero-order chi connectivity index (χ0) is 23.1. The zero-order valence-electron chi connectivity index (χ0n) is 18.3. The molecule has 10 heteroatoms. The van der Waals surface area contributed by atoms with Gasteiger partial charge in [0.25, 0.3) is 5.91 Å². The van der Waals surface area contributed by atoms with Crippen LogP contribution in [0.1, 0.15) is 55.7 Å². The molecule has 0 radical (unpaired) electrons. The number of amides is 2. The SMILES string of the molecule is CN1CCc2nc(C(=O)[NH+]([NH-])C3CCCC[C@@H]3NC(=O)c3cc4ccc(Cl)cc4s3)sc2C1. The highest BCUT2D eigenvalue weighted by Crippen LogP contribution is 2.29. The van der Waals surface area contributed by atoms with Crippen LogP contribution in [0.3, 0.4) is 0 Å². The van der Waals surface area contributed by atoms with Crippen molar-refractivity contribution in [3.63, 3.8) is 0 Å². The third-order valence-corrected chi connectivity index (χ3v) is 8.93. The first-order chi connectivity index (χ1) is 15.9. The molecule has 1 fully saturated rings. The average Bonchev–Trinajstić information content (AvgIpc) is 3.42. The molecule has 0 spiro atoms. The molecule has 174 valence electrons. The van der Waals surface area contributed by atoms with Gasteiger partial charge in [-0.15, -0.1) is 22.7 Å². The summed E-state index contributed by atoms with van der Waals surface area (Å²) in [7, 11) is 2.06. The lowest BCUT2D eigenvalue weighted by atomic mass is 9.89. The van der Waals surface area contributed by atoms with E-state index in [0.29, 0.717) is 14.9 Å². The molecule has 3 heterocycles. The molecule has 33 heavy (non-hydrogen) atoms. The number of hydrogen-bond acceptors (Lipinski definition) is 6. The Morgan fingerprint density at radius 3 is 2.91 bits per heavy atom. The number of aromatic nitrogens is 1. The van der Waals surface area contributed by atoms with Crippen molar-refractivity contribution >= 4 is 56.2 Å². The van der Waals surface area contributed by atoms with Crippen molar-refractivity contribution in [1.82, 2.24) is 15.2 Å². The molecule has 1 aliphatic carbocycles. The summed E-state index contributed by atoms with van der Waals surface area (Å²) in [6, 6.07) is 6.95. The molecule has 5 rings (SSSR count). The van der Waals surface area contributed by atoms with Crippen LogP contribution < -0.4 is 10.3 Å². The first-order valence-corrected chi connectivity index (χ1v) is 13.2. The van der Waals surface area contributed by atoms with Crippen molar-refractivity contribution < 1.29 is 14.6 Å². The van der Waals surface area contributed by atoms with E-state index in [1.54, 1.807) is 0 Å². The molecule has 3 N–H and O–H groups in total. The third kappa shape index (κ3) is 4.71. The molecule has 0 saturated heterocycles. The fourth-order valence-electron chi connectivity index (χ4n) is 4.71. The van der Waals surface area contributed by atoms with Crippen LogP contribution in [-0.2, 0) is 13.0 Å². The predicted octanol–water partition coefficient (Wildman–Crippen LogP) is 3.73. The molecule has 1 aliphatic heterocycles. The number of quaternary nitrogens is 1. The van der Waals surface area contributed by atoms with Gasteiger partial charge in [-0.05, 0) is 43.5 Å². The van der Waals surface area contributed by atoms with E-state index in [4.69, 9.17) is 17.4 Å². The third-order valence-electron chi connectivity index (χ3n) is 6.52. The standard InChI is InChI=1S/C23H26ClN5O2S2/c1-28-9-8-16-20(12-28)33-22(27-16)23(31)29(25)17-5-3-2-4-15(17)26-21(30)19-10-13-6-7-14(24)11-18(13)32-19/h6-7,10-11,15,17,25,29H,2-5,8-9,12H2,1H3,(H,26,30)/t15-,17?/m0/s1. The lowest BCUT2D eigenvalue weighted by molar-refractivity contribution is -0.792. The molecule has 1 aromatic carbocycles. The van der Waals surface area contributed by atoms with Crippen molar-refractivity contribution in [2.24, 2.45) is 0 Å². The Bertz CT molecular complexity index is 1210. The number of rotatable bonds is 4. The fraction of sp³-hybridized carbons (Fsp3) is 0.435. The Kier molecular flexibility index (Phi) is 6.52. The predicted molar refractivity (Wildman–Crippen MR) is 132 cm³/mol. The highest BCUT2D eigenvalue weighted by Gasteiger charge is 2.36. The van der Waals surface area contributed by atoms with Gasteiger partial charge in [-0.25, -0.2) is 9.78 Å². The molecular formula is C23H26ClN5O2S2. The van der Waals surface area contributed by atoms with Crippen molar-refractivity contribution in [1.29, 1.82) is 0 Å². The van der Waals surface area contributed by atoms with Crippen molar-refractivity contribution in [2.75, 3.05) is 13.6 Å². The number of carbonyl (C=O) groups excluding carboxylic acids is 2. The minimum Gasteiger partial charge on any atom is -0.461 e. The van der Waals surface area contributed by atoms with Crippen LogP contribution in [0.25, 0.3) is 15.9 Å². The maximum absolute atomic E-state index is 13.2. The minimum absolute atomic E-state index is 0.0718. The van der Waals surface area contributed by atoms with E-state index in [-0.39, 0.29) is 28.9 Å². The van der Waals surface area contributed by atoms with E-state index in [2.05, 4.69) is 22.2 Å². The van der Waals surface area contributed by atoms with Gasteiger partial charge in [-0.2, -0.15) is 0 Å². The lowest BCUT2D eigenvalue weighted by Gasteiger charge is -2.37. The summed E-state index contributed by atoms with van der Waals surface area (Å²) in [6.07, 6.45) is 4.26. The number of likely N-dealkylation sites (N-methyl/N-ethyl adjacent to an activating group) is 1. The van der Waals surface area contributed by atoms with E-state index in [1.807, 2.05) is 24.3 Å². The Hall–Kier alpha value is -1.88. The summed E-state index contributed by atoms with van der Waals surface area (Å²) in [5.41, 5.74) is 0.993. The van der Waals surface area contributed by atoms with Crippen molar-refractivity contribution in [2.45, 2.75) is 50.7 Å².